The van der Waals surface area contributed by atoms with Crippen molar-refractivity contribution < 1.29 is 14.3 Å². The van der Waals surface area contributed by atoms with Crippen LogP contribution in [0.3, 0.4) is 0 Å². The van der Waals surface area contributed by atoms with E-state index in [0.717, 1.165) is 0 Å². The number of hydrogen-bond donors (Lipinski definition) is 2. The van der Waals surface area contributed by atoms with E-state index >= 15 is 0 Å². The van der Waals surface area contributed by atoms with Crippen LogP contribution in [0.25, 0.3) is 0 Å². The van der Waals surface area contributed by atoms with Crippen molar-refractivity contribution in [3.63, 3.8) is 0 Å². The van der Waals surface area contributed by atoms with E-state index in [1.165, 1.54) is 30.1 Å². The predicted molar refractivity (Wildman–Crippen MR) is 77.3 cm³/mol. The fraction of sp³-hybridized carbons (Fsp3) is 0.167. The molecule has 0 atom stereocenters. The quantitative estimate of drug-likeness (QED) is 0.796. The minimum absolute atomic E-state index is 0.199. The van der Waals surface area contributed by atoms with E-state index in [1.54, 1.807) is 7.05 Å². The molecule has 0 aliphatic heterocycles. The molecule has 0 unspecified atom stereocenters. The summed E-state index contributed by atoms with van der Waals surface area (Å²) in [6.07, 6.45) is 1.28. The molecule has 0 bridgehead atoms. The van der Waals surface area contributed by atoms with Crippen molar-refractivity contribution in [1.29, 1.82) is 0 Å². The third kappa shape index (κ3) is 3.19. The molecule has 0 aromatic carbocycles. The molecular weight excluding hydrogens is 344 g/mol. The Hall–Kier alpha value is -2.42. The number of nitrogens with one attached hydrogen (secondary N) is 2. The average molecular weight is 355 g/mol. The number of H-pyrrole nitrogens is 1. The van der Waals surface area contributed by atoms with Crippen molar-refractivity contribution in [2.24, 2.45) is 7.05 Å². The summed E-state index contributed by atoms with van der Waals surface area (Å²) in [5.74, 6) is -0.830. The summed E-state index contributed by atoms with van der Waals surface area (Å²) < 4.78 is 6.13. The molecule has 2 aromatic rings. The number of rotatable bonds is 3. The van der Waals surface area contributed by atoms with Gasteiger partial charge in [-0.3, -0.25) is 14.3 Å². The number of pyridine rings is 1. The Bertz CT molecular complexity index is 765. The molecule has 0 aliphatic carbocycles. The molecule has 2 heterocycles. The van der Waals surface area contributed by atoms with Crippen LogP contribution in [0.2, 0.25) is 0 Å². The van der Waals surface area contributed by atoms with Gasteiger partial charge in [-0.15, -0.1) is 0 Å². The zero-order valence-electron chi connectivity index (χ0n) is 11.1. The van der Waals surface area contributed by atoms with Crippen LogP contribution < -0.4 is 10.9 Å². The number of halogens is 1. The summed E-state index contributed by atoms with van der Waals surface area (Å²) in [7, 11) is 2.81. The van der Waals surface area contributed by atoms with Crippen molar-refractivity contribution in [1.82, 2.24) is 14.8 Å². The normalized spacial score (nSPS) is 10.2. The number of carbonyl (C=O) groups excluding carboxylic acids is 2. The first-order valence-electron chi connectivity index (χ1n) is 5.74. The minimum atomic E-state index is -0.558. The highest BCUT2D eigenvalue weighted by atomic mass is 79.9. The molecule has 0 aliphatic rings. The number of methoxy groups -OCH3 is 1. The van der Waals surface area contributed by atoms with Gasteiger partial charge in [0, 0.05) is 19.3 Å². The highest BCUT2D eigenvalue weighted by Gasteiger charge is 2.16. The van der Waals surface area contributed by atoms with Crippen molar-refractivity contribution in [2.75, 3.05) is 12.4 Å². The van der Waals surface area contributed by atoms with Crippen LogP contribution in [0.1, 0.15) is 20.8 Å². The molecule has 1 amide bonds. The topological polar surface area (TPSA) is 106 Å². The lowest BCUT2D eigenvalue weighted by molar-refractivity contribution is 0.0588. The van der Waals surface area contributed by atoms with Crippen molar-refractivity contribution >= 4 is 33.6 Å². The van der Waals surface area contributed by atoms with Crippen molar-refractivity contribution in [3.8, 4) is 0 Å². The van der Waals surface area contributed by atoms with Gasteiger partial charge in [0.05, 0.1) is 17.1 Å². The second-order valence-electron chi connectivity index (χ2n) is 4.05. The van der Waals surface area contributed by atoms with Crippen molar-refractivity contribution in [3.05, 3.63) is 44.4 Å². The zero-order valence-corrected chi connectivity index (χ0v) is 12.7. The fourth-order valence-corrected chi connectivity index (χ4v) is 1.96. The van der Waals surface area contributed by atoms with Gasteiger partial charge in [0.15, 0.2) is 5.82 Å². The van der Waals surface area contributed by atoms with Crippen molar-refractivity contribution in [2.45, 2.75) is 0 Å². The maximum Gasteiger partial charge on any atom is 0.356 e. The molecule has 21 heavy (non-hydrogen) atoms. The number of anilines is 1. The largest absolute Gasteiger partial charge is 0.464 e. The van der Waals surface area contributed by atoms with Gasteiger partial charge < -0.3 is 15.0 Å². The van der Waals surface area contributed by atoms with Gasteiger partial charge >= 0.3 is 5.97 Å². The number of esters is 1. The van der Waals surface area contributed by atoms with Gasteiger partial charge in [-0.05, 0) is 22.0 Å². The number of amides is 1. The van der Waals surface area contributed by atoms with Crippen LogP contribution in [0, 0.1) is 0 Å². The standard InChI is InChI=1S/C12H11BrN4O4/c1-17-8(12(20)21-2)4-9(16-17)15-10(18)6-3-7(13)11(19)14-5-6/h3-5H,1-2H3,(H,14,19)(H,15,16,18). The molecule has 0 radical (unpaired) electrons. The predicted octanol–water partition coefficient (Wildman–Crippen LogP) is 0.910. The molecule has 8 nitrogen and oxygen atoms in total. The second-order valence-corrected chi connectivity index (χ2v) is 4.90. The van der Waals surface area contributed by atoms with Gasteiger partial charge in [0.2, 0.25) is 0 Å². The lowest BCUT2D eigenvalue weighted by Gasteiger charge is -2.01. The Kier molecular flexibility index (Phi) is 4.22. The molecule has 0 fully saturated rings. The van der Waals surface area contributed by atoms with Crippen LogP contribution in [-0.4, -0.2) is 33.8 Å². The molecule has 9 heteroatoms. The van der Waals surface area contributed by atoms with Crippen LogP contribution in [0.15, 0.2) is 27.6 Å². The highest BCUT2D eigenvalue weighted by molar-refractivity contribution is 9.10. The smallest absolute Gasteiger partial charge is 0.356 e. The maximum absolute atomic E-state index is 12.0. The SMILES string of the molecule is COC(=O)c1cc(NC(=O)c2c[nH]c(=O)c(Br)c2)nn1C. The fourth-order valence-electron chi connectivity index (χ4n) is 1.60. The summed E-state index contributed by atoms with van der Waals surface area (Å²) in [5.41, 5.74) is 0.111. The Morgan fingerprint density at radius 2 is 2.14 bits per heavy atom. The monoisotopic (exact) mass is 354 g/mol. The average Bonchev–Trinajstić information content (AvgIpc) is 2.81. The Labute approximate surface area is 127 Å². The Morgan fingerprint density at radius 3 is 2.76 bits per heavy atom. The number of ether oxygens (including phenoxy) is 1. The Balaban J connectivity index is 2.21. The van der Waals surface area contributed by atoms with Gasteiger partial charge in [-0.1, -0.05) is 0 Å². The third-order valence-corrected chi connectivity index (χ3v) is 3.23. The molecule has 2 aromatic heterocycles. The van der Waals surface area contributed by atoms with Gasteiger partial charge in [-0.25, -0.2) is 4.79 Å². The van der Waals surface area contributed by atoms with Crippen LogP contribution >= 0.6 is 15.9 Å². The van der Waals surface area contributed by atoms with Crippen LogP contribution in [-0.2, 0) is 11.8 Å². The van der Waals surface area contributed by atoms with E-state index in [9.17, 15) is 14.4 Å². The molecule has 0 saturated carbocycles. The summed E-state index contributed by atoms with van der Waals surface area (Å²) in [4.78, 5) is 37.1. The first-order valence-corrected chi connectivity index (χ1v) is 6.53. The number of carbonyl (C=O) groups is 2. The highest BCUT2D eigenvalue weighted by Crippen LogP contribution is 2.12. The lowest BCUT2D eigenvalue weighted by atomic mass is 10.2. The number of aromatic nitrogens is 3. The first-order chi connectivity index (χ1) is 9.92. The number of aromatic amines is 1. The van der Waals surface area contributed by atoms with E-state index in [4.69, 9.17) is 0 Å². The van der Waals surface area contributed by atoms with Gasteiger partial charge in [0.25, 0.3) is 11.5 Å². The first kappa shape index (κ1) is 15.0. The maximum atomic E-state index is 12.0. The van der Waals surface area contributed by atoms with E-state index in [2.05, 4.69) is 36.1 Å². The number of aryl methyl sites for hydroxylation is 1. The minimum Gasteiger partial charge on any atom is -0.464 e. The molecule has 110 valence electrons. The molecule has 2 rings (SSSR count). The van der Waals surface area contributed by atoms with E-state index < -0.39 is 11.9 Å². The molecule has 0 spiro atoms. The number of nitrogens with zero attached hydrogens (tertiary/aromatic N) is 2. The summed E-state index contributed by atoms with van der Waals surface area (Å²) in [6, 6.07) is 2.78. The van der Waals surface area contributed by atoms with E-state index in [-0.39, 0.29) is 27.1 Å². The van der Waals surface area contributed by atoms with E-state index in [0.29, 0.717) is 0 Å². The molecule has 0 saturated heterocycles. The Morgan fingerprint density at radius 1 is 1.43 bits per heavy atom. The van der Waals surface area contributed by atoms with Gasteiger partial charge in [0.1, 0.15) is 5.69 Å². The zero-order chi connectivity index (χ0) is 15.6. The third-order valence-electron chi connectivity index (χ3n) is 2.64. The van der Waals surface area contributed by atoms with E-state index in [1.807, 2.05) is 0 Å². The molecular formula is C12H11BrN4O4. The van der Waals surface area contributed by atoms with Gasteiger partial charge in [-0.2, -0.15) is 5.10 Å². The molecule has 2 N–H and O–H groups in total. The number of hydrogen-bond acceptors (Lipinski definition) is 5. The van der Waals surface area contributed by atoms with Crippen LogP contribution in [0.4, 0.5) is 5.82 Å². The lowest BCUT2D eigenvalue weighted by Crippen LogP contribution is -2.16. The summed E-state index contributed by atoms with van der Waals surface area (Å²) in [6.45, 7) is 0. The summed E-state index contributed by atoms with van der Waals surface area (Å²) in [5, 5.41) is 6.51. The second kappa shape index (κ2) is 5.92. The van der Waals surface area contributed by atoms with Crippen LogP contribution in [0.5, 0.6) is 0 Å². The summed E-state index contributed by atoms with van der Waals surface area (Å²) >= 11 is 3.04.